The Hall–Kier alpha value is -1.73. The molecule has 0 amide bonds. The van der Waals surface area contributed by atoms with E-state index in [0.717, 1.165) is 27.1 Å². The molecule has 0 bridgehead atoms. The van der Waals surface area contributed by atoms with E-state index in [0.29, 0.717) is 0 Å². The number of hydrogen-bond donors (Lipinski definition) is 0. The highest BCUT2D eigenvalue weighted by Gasteiger charge is 2.09. The minimum absolute atomic E-state index is 0.744. The molecule has 3 aromatic rings. The van der Waals surface area contributed by atoms with Gasteiger partial charge in [-0.05, 0) is 12.1 Å². The van der Waals surface area contributed by atoms with Crippen molar-refractivity contribution in [2.75, 3.05) is 0 Å². The predicted octanol–water partition coefficient (Wildman–Crippen LogP) is 4.75. The molecule has 0 fully saturated rings. The fraction of sp³-hybridized carbons (Fsp3) is 0. The number of para-hydroxylation sites is 1. The Bertz CT molecular complexity index is 640. The Morgan fingerprint density at radius 2 is 1.56 bits per heavy atom. The third-order valence-corrected chi connectivity index (χ3v) is 2.97. The van der Waals surface area contributed by atoms with E-state index in [2.05, 4.69) is 0 Å². The average Bonchev–Trinajstić information content (AvgIpc) is 2.74. The molecule has 2 heteroatoms. The minimum Gasteiger partial charge on any atom is -0.464 e. The van der Waals surface area contributed by atoms with Crippen LogP contribution in [0.5, 0.6) is 0 Å². The van der Waals surface area contributed by atoms with Crippen LogP contribution >= 0.6 is 11.6 Å². The maximum atomic E-state index is 6.17. The first-order chi connectivity index (χ1) is 7.86. The second-order valence-corrected chi connectivity index (χ2v) is 4.03. The van der Waals surface area contributed by atoms with Crippen molar-refractivity contribution in [2.24, 2.45) is 0 Å². The first-order valence-electron chi connectivity index (χ1n) is 5.07. The van der Waals surface area contributed by atoms with Crippen LogP contribution in [0, 0.1) is 0 Å². The molecule has 0 aliphatic heterocycles. The highest BCUT2D eigenvalue weighted by molar-refractivity contribution is 6.33. The third kappa shape index (κ3) is 1.41. The molecule has 1 nitrogen and oxygen atoms in total. The Balaban J connectivity index is 2.31. The second-order valence-electron chi connectivity index (χ2n) is 3.63. The third-order valence-electron chi connectivity index (χ3n) is 2.65. The molecule has 0 radical (unpaired) electrons. The monoisotopic (exact) mass is 228 g/mol. The zero-order valence-electron chi connectivity index (χ0n) is 8.48. The number of furan rings is 1. The van der Waals surface area contributed by atoms with Crippen LogP contribution in [0.15, 0.2) is 59.2 Å². The van der Waals surface area contributed by atoms with Crippen LogP contribution in [0.2, 0.25) is 5.02 Å². The van der Waals surface area contributed by atoms with Crippen LogP contribution in [0.1, 0.15) is 0 Å². The van der Waals surface area contributed by atoms with Gasteiger partial charge < -0.3 is 4.42 Å². The van der Waals surface area contributed by atoms with E-state index in [1.165, 1.54) is 0 Å². The molecule has 0 spiro atoms. The number of hydrogen-bond acceptors (Lipinski definition) is 1. The second kappa shape index (κ2) is 3.69. The van der Waals surface area contributed by atoms with Crippen molar-refractivity contribution in [1.82, 2.24) is 0 Å². The van der Waals surface area contributed by atoms with Gasteiger partial charge in [-0.15, -0.1) is 0 Å². The topological polar surface area (TPSA) is 13.1 Å². The summed E-state index contributed by atoms with van der Waals surface area (Å²) in [4.78, 5) is 0. The van der Waals surface area contributed by atoms with E-state index in [9.17, 15) is 0 Å². The van der Waals surface area contributed by atoms with Crippen molar-refractivity contribution >= 4 is 22.6 Å². The maximum absolute atomic E-state index is 6.17. The summed E-state index contributed by atoms with van der Waals surface area (Å²) in [5.74, 6) is 0. The molecule has 16 heavy (non-hydrogen) atoms. The summed E-state index contributed by atoms with van der Waals surface area (Å²) in [6, 6.07) is 15.7. The lowest BCUT2D eigenvalue weighted by Crippen LogP contribution is -1.76. The standard InChI is InChI=1S/C14H9ClO/c15-13-7-3-1-5-10(13)12-9-16-14-8-4-2-6-11(12)14/h1-9H. The van der Waals surface area contributed by atoms with Crippen LogP contribution in [0.4, 0.5) is 0 Å². The van der Waals surface area contributed by atoms with Gasteiger partial charge in [0.05, 0.1) is 6.26 Å². The van der Waals surface area contributed by atoms with Gasteiger partial charge in [0.1, 0.15) is 5.58 Å². The van der Waals surface area contributed by atoms with Crippen molar-refractivity contribution in [1.29, 1.82) is 0 Å². The summed E-state index contributed by atoms with van der Waals surface area (Å²) in [5.41, 5.74) is 2.94. The number of halogens is 1. The van der Waals surface area contributed by atoms with E-state index in [1.807, 2.05) is 48.5 Å². The Labute approximate surface area is 98.3 Å². The summed E-state index contributed by atoms with van der Waals surface area (Å²) in [7, 11) is 0. The summed E-state index contributed by atoms with van der Waals surface area (Å²) in [5, 5.41) is 1.84. The number of fused-ring (bicyclic) bond motifs is 1. The van der Waals surface area contributed by atoms with Crippen molar-refractivity contribution in [3.63, 3.8) is 0 Å². The van der Waals surface area contributed by atoms with Crippen LogP contribution < -0.4 is 0 Å². The fourth-order valence-corrected chi connectivity index (χ4v) is 2.10. The largest absolute Gasteiger partial charge is 0.464 e. The molecule has 0 unspecified atom stereocenters. The molecule has 1 heterocycles. The molecule has 78 valence electrons. The number of benzene rings is 2. The van der Waals surface area contributed by atoms with Gasteiger partial charge in [0.2, 0.25) is 0 Å². The van der Waals surface area contributed by atoms with Gasteiger partial charge in [0.25, 0.3) is 0 Å². The molecule has 0 aliphatic rings. The normalized spacial score (nSPS) is 10.8. The minimum atomic E-state index is 0.744. The van der Waals surface area contributed by atoms with Crippen molar-refractivity contribution < 1.29 is 4.42 Å². The van der Waals surface area contributed by atoms with Gasteiger partial charge in [-0.1, -0.05) is 48.0 Å². The molecule has 2 aromatic carbocycles. The van der Waals surface area contributed by atoms with Gasteiger partial charge in [0.15, 0.2) is 0 Å². The molecule has 0 saturated carbocycles. The smallest absolute Gasteiger partial charge is 0.134 e. The van der Waals surface area contributed by atoms with E-state index in [-0.39, 0.29) is 0 Å². The molecule has 3 rings (SSSR count). The Morgan fingerprint density at radius 3 is 2.44 bits per heavy atom. The van der Waals surface area contributed by atoms with Crippen LogP contribution in [0.3, 0.4) is 0 Å². The molecule has 0 aliphatic carbocycles. The van der Waals surface area contributed by atoms with Crippen molar-refractivity contribution in [3.8, 4) is 11.1 Å². The summed E-state index contributed by atoms with van der Waals surface area (Å²) in [6.45, 7) is 0. The molecule has 0 atom stereocenters. The Kier molecular flexibility index (Phi) is 2.19. The van der Waals surface area contributed by atoms with Crippen molar-refractivity contribution in [3.05, 3.63) is 59.8 Å². The van der Waals surface area contributed by atoms with Crippen LogP contribution in [0.25, 0.3) is 22.1 Å². The summed E-state index contributed by atoms with van der Waals surface area (Å²) in [6.07, 6.45) is 1.76. The lowest BCUT2D eigenvalue weighted by atomic mass is 10.1. The zero-order valence-corrected chi connectivity index (χ0v) is 9.24. The maximum Gasteiger partial charge on any atom is 0.134 e. The fourth-order valence-electron chi connectivity index (χ4n) is 1.87. The molecule has 0 saturated heterocycles. The van der Waals surface area contributed by atoms with E-state index in [4.69, 9.17) is 16.0 Å². The Morgan fingerprint density at radius 1 is 0.812 bits per heavy atom. The highest BCUT2D eigenvalue weighted by Crippen LogP contribution is 2.34. The summed E-state index contributed by atoms with van der Waals surface area (Å²) >= 11 is 6.17. The van der Waals surface area contributed by atoms with Crippen molar-refractivity contribution in [2.45, 2.75) is 0 Å². The van der Waals surface area contributed by atoms with E-state index in [1.54, 1.807) is 6.26 Å². The van der Waals surface area contributed by atoms with Gasteiger partial charge in [-0.2, -0.15) is 0 Å². The summed E-state index contributed by atoms with van der Waals surface area (Å²) < 4.78 is 5.50. The van der Waals surface area contributed by atoms with E-state index >= 15 is 0 Å². The van der Waals surface area contributed by atoms with Crippen LogP contribution in [-0.4, -0.2) is 0 Å². The molecular weight excluding hydrogens is 220 g/mol. The van der Waals surface area contributed by atoms with Gasteiger partial charge in [0, 0.05) is 21.5 Å². The van der Waals surface area contributed by atoms with Gasteiger partial charge >= 0.3 is 0 Å². The number of rotatable bonds is 1. The first-order valence-corrected chi connectivity index (χ1v) is 5.45. The highest BCUT2D eigenvalue weighted by atomic mass is 35.5. The first kappa shape index (κ1) is 9.49. The lowest BCUT2D eigenvalue weighted by Gasteiger charge is -2.00. The van der Waals surface area contributed by atoms with Crippen LogP contribution in [-0.2, 0) is 0 Å². The lowest BCUT2D eigenvalue weighted by molar-refractivity contribution is 0.617. The molecule has 1 aromatic heterocycles. The van der Waals surface area contributed by atoms with E-state index < -0.39 is 0 Å². The zero-order chi connectivity index (χ0) is 11.0. The SMILES string of the molecule is Clc1ccccc1-c1coc2ccccc12. The predicted molar refractivity (Wildman–Crippen MR) is 66.7 cm³/mol. The molecule has 0 N–H and O–H groups in total. The quantitative estimate of drug-likeness (QED) is 0.586. The van der Waals surface area contributed by atoms with Gasteiger partial charge in [-0.3, -0.25) is 0 Å². The molecular formula is C14H9ClO. The van der Waals surface area contributed by atoms with Gasteiger partial charge in [-0.25, -0.2) is 0 Å². The average molecular weight is 229 g/mol.